The number of fused-ring (bicyclic) bond motifs is 3. The highest BCUT2D eigenvalue weighted by atomic mass is 16.7. The SMILES string of the molecule is C=C1[C@H](C)C[C@H](C)/C=C/C=C/C=C(\C)[C@@H](OC)C[C@@H]2CC[C@@H](C)[C@@](O)(O2)C(=O)C(=O)N2CCCC[C@H]2C(=O)O[C@H]([C@H](C)C[C@@H]2CC[C@@H](OC(=O)Oc3ccccc3)[C@H](OC)C2)CC(=O)[C@H](C)/C=C(\C)[C@@H](C)[C@H]1OC. The van der Waals surface area contributed by atoms with Gasteiger partial charge in [-0.25, -0.2) is 9.59 Å². The topological polar surface area (TPSA) is 173 Å². The molecule has 1 aliphatic carbocycles. The summed E-state index contributed by atoms with van der Waals surface area (Å²) in [6.07, 6.45) is 13.9. The smallest absolute Gasteiger partial charge is 0.460 e. The lowest BCUT2D eigenvalue weighted by molar-refractivity contribution is -0.265. The van der Waals surface area contributed by atoms with E-state index in [1.165, 1.54) is 4.90 Å². The van der Waals surface area contributed by atoms with Crippen molar-refractivity contribution in [3.8, 4) is 5.75 Å². The van der Waals surface area contributed by atoms with E-state index in [2.05, 4.69) is 33.4 Å². The van der Waals surface area contributed by atoms with Crippen molar-refractivity contribution >= 4 is 29.6 Å². The van der Waals surface area contributed by atoms with Crippen LogP contribution >= 0.6 is 0 Å². The van der Waals surface area contributed by atoms with Gasteiger partial charge in [0.2, 0.25) is 5.79 Å². The number of para-hydroxylation sites is 1. The summed E-state index contributed by atoms with van der Waals surface area (Å²) < 4.78 is 41.6. The van der Waals surface area contributed by atoms with Gasteiger partial charge in [-0.1, -0.05) is 108 Å². The number of nitrogens with zero attached hydrogens (tertiary/aromatic N) is 1. The Kier molecular flexibility index (Phi) is 23.1. The molecule has 410 valence electrons. The van der Waals surface area contributed by atoms with Crippen LogP contribution in [0.15, 0.2) is 90.1 Å². The fourth-order valence-corrected chi connectivity index (χ4v) is 11.3. The highest BCUT2D eigenvalue weighted by Crippen LogP contribution is 2.39. The fraction of sp³-hybridized carbons (Fsp3) is 0.650. The summed E-state index contributed by atoms with van der Waals surface area (Å²) in [6, 6.07) is 7.57. The highest BCUT2D eigenvalue weighted by molar-refractivity contribution is 6.39. The number of carbonyl (C=O) groups is 5. The van der Waals surface area contributed by atoms with Crippen molar-refractivity contribution in [3.05, 3.63) is 90.1 Å². The summed E-state index contributed by atoms with van der Waals surface area (Å²) in [7, 11) is 4.88. The maximum Gasteiger partial charge on any atom is 0.514 e. The number of cyclic esters (lactones) is 1. The second kappa shape index (κ2) is 28.4. The molecular weight excluding hydrogens is 943 g/mol. The minimum absolute atomic E-state index is 0.0626. The minimum Gasteiger partial charge on any atom is -0.460 e. The molecule has 0 aromatic heterocycles. The number of Topliss-reactive ketones (excluding diaryl/α,β-unsaturated/α-hetero) is 2. The van der Waals surface area contributed by atoms with Crippen molar-refractivity contribution in [1.82, 2.24) is 4.90 Å². The van der Waals surface area contributed by atoms with E-state index in [9.17, 15) is 29.1 Å². The Balaban J connectivity index is 1.43. The van der Waals surface area contributed by atoms with Crippen LogP contribution in [0.2, 0.25) is 0 Å². The molecule has 0 radical (unpaired) electrons. The Labute approximate surface area is 441 Å². The third-order valence-electron chi connectivity index (χ3n) is 16.3. The van der Waals surface area contributed by atoms with E-state index >= 15 is 0 Å². The van der Waals surface area contributed by atoms with Crippen LogP contribution in [0.3, 0.4) is 0 Å². The lowest BCUT2D eigenvalue weighted by Gasteiger charge is -2.42. The standard InChI is InChI=1S/C60H87NO13/c1-37-21-15-13-16-22-38(2)52(68-10)35-48-28-26-43(7)60(67,74-48)56(63)57(64)61-30-20-19-25-49(61)58(65)72-53(36-50(62)41(5)32-40(4)45(9)55(70-12)44(8)39(3)31-37)42(6)33-46-27-29-51(54(34-46)69-11)73-59(66)71-47-23-17-14-18-24-47/h13-18,21-24,32,37,39,41-43,45-46,48-49,51-55,67H,8,19-20,25-31,33-36H2,1-7,9-12H3/b16-13+,21-15+,38-22+,40-32+/t37-,39-,41-,42-,43-,45-,46+,48+,49+,51-,52+,53+,54-,55+,60-/m1/s1. The molecule has 1 aromatic rings. The number of carbonyl (C=O) groups excluding carboxylic acids is 5. The molecule has 0 unspecified atom stereocenters. The van der Waals surface area contributed by atoms with Gasteiger partial charge >= 0.3 is 12.1 Å². The summed E-state index contributed by atoms with van der Waals surface area (Å²) in [4.78, 5) is 71.8. The molecule has 1 amide bonds. The summed E-state index contributed by atoms with van der Waals surface area (Å²) in [5, 5.41) is 12.0. The molecule has 14 nitrogen and oxygen atoms in total. The number of allylic oxidation sites excluding steroid dienone is 6. The number of ketones is 2. The van der Waals surface area contributed by atoms with Crippen LogP contribution < -0.4 is 4.74 Å². The number of amides is 1. The monoisotopic (exact) mass is 1030 g/mol. The second-order valence-electron chi connectivity index (χ2n) is 21.9. The van der Waals surface area contributed by atoms with E-state index in [0.717, 1.165) is 23.1 Å². The molecule has 1 saturated carbocycles. The Morgan fingerprint density at radius 2 is 1.58 bits per heavy atom. The average Bonchev–Trinajstić information content (AvgIpc) is 3.38. The lowest BCUT2D eigenvalue weighted by Crippen LogP contribution is -2.61. The van der Waals surface area contributed by atoms with Crippen molar-refractivity contribution in [2.75, 3.05) is 27.9 Å². The molecule has 5 rings (SSSR count). The molecule has 0 spiro atoms. The number of piperidine rings is 1. The summed E-state index contributed by atoms with van der Waals surface area (Å²) in [6.45, 7) is 20.5. The second-order valence-corrected chi connectivity index (χ2v) is 21.9. The van der Waals surface area contributed by atoms with Crippen LogP contribution in [0, 0.1) is 41.4 Å². The van der Waals surface area contributed by atoms with Crippen molar-refractivity contribution in [2.24, 2.45) is 41.4 Å². The normalized spacial score (nSPS) is 36.7. The highest BCUT2D eigenvalue weighted by Gasteiger charge is 2.53. The first kappa shape index (κ1) is 60.1. The third kappa shape index (κ3) is 16.1. The van der Waals surface area contributed by atoms with Gasteiger partial charge in [0.15, 0.2) is 0 Å². The van der Waals surface area contributed by atoms with Crippen LogP contribution in [0.25, 0.3) is 0 Å². The molecule has 4 aliphatic rings. The largest absolute Gasteiger partial charge is 0.514 e. The number of rotatable bonds is 8. The van der Waals surface area contributed by atoms with Crippen LogP contribution in [-0.2, 0) is 47.6 Å². The minimum atomic E-state index is -2.42. The first-order valence-corrected chi connectivity index (χ1v) is 27.1. The predicted octanol–water partition coefficient (Wildman–Crippen LogP) is 10.7. The Morgan fingerprint density at radius 3 is 2.27 bits per heavy atom. The molecule has 15 atom stereocenters. The molecule has 2 saturated heterocycles. The van der Waals surface area contributed by atoms with Gasteiger partial charge in [0.1, 0.15) is 29.8 Å². The van der Waals surface area contributed by atoms with E-state index in [0.29, 0.717) is 63.5 Å². The zero-order valence-corrected chi connectivity index (χ0v) is 46.1. The van der Waals surface area contributed by atoms with Gasteiger partial charge in [-0.3, -0.25) is 14.4 Å². The van der Waals surface area contributed by atoms with E-state index in [-0.39, 0.29) is 67.0 Å². The Morgan fingerprint density at radius 1 is 0.851 bits per heavy atom. The van der Waals surface area contributed by atoms with E-state index < -0.39 is 71.9 Å². The van der Waals surface area contributed by atoms with Gasteiger partial charge in [0.25, 0.3) is 11.7 Å². The third-order valence-corrected chi connectivity index (χ3v) is 16.3. The summed E-state index contributed by atoms with van der Waals surface area (Å²) in [5.41, 5.74) is 2.87. The average molecular weight is 1030 g/mol. The number of ether oxygens (including phenoxy) is 7. The molecule has 3 heterocycles. The van der Waals surface area contributed by atoms with Gasteiger partial charge < -0.3 is 43.2 Å². The number of hydrogen-bond acceptors (Lipinski definition) is 13. The molecule has 3 fully saturated rings. The van der Waals surface area contributed by atoms with Crippen LogP contribution in [0.5, 0.6) is 5.75 Å². The van der Waals surface area contributed by atoms with E-state index in [1.807, 2.05) is 64.1 Å². The van der Waals surface area contributed by atoms with Gasteiger partial charge in [-0.15, -0.1) is 0 Å². The van der Waals surface area contributed by atoms with Crippen LogP contribution in [-0.4, -0.2) is 116 Å². The zero-order valence-electron chi connectivity index (χ0n) is 46.1. The molecule has 3 aliphatic heterocycles. The maximum atomic E-state index is 14.6. The summed E-state index contributed by atoms with van der Waals surface area (Å²) >= 11 is 0. The number of aliphatic hydroxyl groups is 1. The quantitative estimate of drug-likeness (QED) is 0.113. The van der Waals surface area contributed by atoms with Gasteiger partial charge in [0.05, 0.1) is 24.4 Å². The zero-order chi connectivity index (χ0) is 54.3. The number of hydrogen-bond donors (Lipinski definition) is 1. The summed E-state index contributed by atoms with van der Waals surface area (Å²) in [5.74, 6) is -6.25. The molecule has 1 aromatic carbocycles. The Hall–Kier alpha value is -4.73. The molecule has 2 bridgehead atoms. The van der Waals surface area contributed by atoms with Gasteiger partial charge in [0, 0.05) is 58.5 Å². The van der Waals surface area contributed by atoms with Gasteiger partial charge in [-0.2, -0.15) is 0 Å². The molecule has 1 N–H and O–H groups in total. The van der Waals surface area contributed by atoms with Crippen molar-refractivity contribution in [3.63, 3.8) is 0 Å². The predicted molar refractivity (Wildman–Crippen MR) is 284 cm³/mol. The van der Waals surface area contributed by atoms with Crippen LogP contribution in [0.4, 0.5) is 4.79 Å². The number of methoxy groups -OCH3 is 3. The molecule has 14 heteroatoms. The maximum absolute atomic E-state index is 14.6. The van der Waals surface area contributed by atoms with Crippen LogP contribution in [0.1, 0.15) is 132 Å². The van der Waals surface area contributed by atoms with Gasteiger partial charge in [-0.05, 0) is 125 Å². The number of esters is 1. The fourth-order valence-electron chi connectivity index (χ4n) is 11.3. The first-order valence-electron chi connectivity index (χ1n) is 27.1. The van der Waals surface area contributed by atoms with Crippen molar-refractivity contribution in [1.29, 1.82) is 0 Å². The first-order chi connectivity index (χ1) is 35.2. The Bertz CT molecular complexity index is 2180. The molecule has 74 heavy (non-hydrogen) atoms. The van der Waals surface area contributed by atoms with E-state index in [1.54, 1.807) is 52.5 Å². The lowest BCUT2D eigenvalue weighted by atomic mass is 9.78. The molecular formula is C60H87NO13. The number of benzene rings is 1. The van der Waals surface area contributed by atoms with Crippen molar-refractivity contribution in [2.45, 2.75) is 181 Å². The van der Waals surface area contributed by atoms with E-state index in [4.69, 9.17) is 33.2 Å². The van der Waals surface area contributed by atoms with Crippen molar-refractivity contribution < 1.29 is 62.2 Å².